The van der Waals surface area contributed by atoms with Gasteiger partial charge in [-0.05, 0) is 139 Å². The second kappa shape index (κ2) is 17.1. The molecule has 0 aliphatic carbocycles. The third-order valence-corrected chi connectivity index (χ3v) is 15.3. The maximum absolute atomic E-state index is 13.6. The fraction of sp³-hybridized carbons (Fsp3) is 0.258. The van der Waals surface area contributed by atoms with Crippen LogP contribution in [0.1, 0.15) is 85.4 Å². The van der Waals surface area contributed by atoms with Crippen LogP contribution in [0.15, 0.2) is 182 Å². The van der Waals surface area contributed by atoms with Gasteiger partial charge >= 0.3 is 0 Å². The van der Waals surface area contributed by atoms with Crippen LogP contribution in [0.3, 0.4) is 0 Å². The van der Waals surface area contributed by atoms with E-state index in [0.717, 1.165) is 121 Å². The number of phenols is 1. The Bertz CT molecular complexity index is 2930. The van der Waals surface area contributed by atoms with Crippen molar-refractivity contribution in [1.82, 2.24) is 9.80 Å². The summed E-state index contributed by atoms with van der Waals surface area (Å²) in [7, 11) is 0. The lowest BCUT2D eigenvalue weighted by atomic mass is 9.77. The first-order chi connectivity index (χ1) is 32.5. The number of likely N-dealkylation sites (tertiary alicyclic amines) is 2. The molecule has 0 bridgehead atoms. The molecule has 0 amide bonds. The quantitative estimate of drug-likeness (QED) is 0.128. The zero-order valence-electron chi connectivity index (χ0n) is 38.9. The van der Waals surface area contributed by atoms with E-state index in [9.17, 15) is 15.3 Å². The van der Waals surface area contributed by atoms with E-state index < -0.39 is 11.2 Å². The molecule has 2 aliphatic heterocycles. The Balaban J connectivity index is 0.979. The van der Waals surface area contributed by atoms with Crippen LogP contribution in [0.5, 0.6) is 5.75 Å². The van der Waals surface area contributed by atoms with Crippen molar-refractivity contribution >= 4 is 43.1 Å². The van der Waals surface area contributed by atoms with Crippen LogP contribution in [0.4, 0.5) is 0 Å². The van der Waals surface area contributed by atoms with Gasteiger partial charge in [0.15, 0.2) is 0 Å². The van der Waals surface area contributed by atoms with Crippen molar-refractivity contribution in [3.8, 4) is 5.75 Å². The highest BCUT2D eigenvalue weighted by Crippen LogP contribution is 2.46. The number of aliphatic hydroxyl groups is 2. The topological polar surface area (TPSA) is 67.2 Å². The molecule has 336 valence electrons. The lowest BCUT2D eigenvalue weighted by Gasteiger charge is -2.41. The third kappa shape index (κ3) is 7.78. The van der Waals surface area contributed by atoms with Crippen LogP contribution >= 0.6 is 0 Å². The van der Waals surface area contributed by atoms with Crippen molar-refractivity contribution in [1.29, 1.82) is 0 Å². The molecule has 0 aromatic heterocycles. The van der Waals surface area contributed by atoms with E-state index in [1.165, 1.54) is 0 Å². The number of hydrogen-bond acceptors (Lipinski definition) is 5. The van der Waals surface area contributed by atoms with Gasteiger partial charge < -0.3 is 15.3 Å². The maximum atomic E-state index is 13.6. The first-order valence-electron chi connectivity index (χ1n) is 24.2. The molecule has 5 nitrogen and oxygen atoms in total. The van der Waals surface area contributed by atoms with Crippen molar-refractivity contribution in [2.24, 2.45) is 0 Å². The van der Waals surface area contributed by atoms with Gasteiger partial charge in [0.1, 0.15) is 17.0 Å². The monoisotopic (exact) mass is 880 g/mol. The molecule has 5 heteroatoms. The highest BCUT2D eigenvalue weighted by Gasteiger charge is 2.48. The molecule has 3 N–H and O–H groups in total. The van der Waals surface area contributed by atoms with Gasteiger partial charge in [-0.15, -0.1) is 0 Å². The zero-order valence-corrected chi connectivity index (χ0v) is 38.9. The SMILES string of the molecule is CC(C)(C)c1cc(CN2CCC[C@H]2C(O)(c2ccc3ccccc3c2)c2ccc3ccccc3c2)c(O)c(CN2CCC[C@H]2C(O)(c2ccc3ccccc3c2)c2ccc3ccccc3c2)c1. The molecular formula is C62H60N2O3. The molecule has 2 saturated heterocycles. The minimum Gasteiger partial charge on any atom is -0.507 e. The van der Waals surface area contributed by atoms with Gasteiger partial charge in [-0.3, -0.25) is 9.80 Å². The van der Waals surface area contributed by atoms with Crippen LogP contribution < -0.4 is 0 Å². The summed E-state index contributed by atoms with van der Waals surface area (Å²) in [6.45, 7) is 9.27. The predicted molar refractivity (Wildman–Crippen MR) is 275 cm³/mol. The number of aromatic hydroxyl groups is 1. The minimum atomic E-state index is -1.33. The third-order valence-electron chi connectivity index (χ3n) is 15.3. The molecule has 0 unspecified atom stereocenters. The molecule has 67 heavy (non-hydrogen) atoms. The van der Waals surface area contributed by atoms with E-state index in [-0.39, 0.29) is 17.5 Å². The zero-order chi connectivity index (χ0) is 45.9. The van der Waals surface area contributed by atoms with E-state index in [0.29, 0.717) is 18.8 Å². The van der Waals surface area contributed by atoms with Crippen molar-refractivity contribution in [3.05, 3.63) is 221 Å². The summed E-state index contributed by atoms with van der Waals surface area (Å²) in [5.41, 5.74) is 3.52. The van der Waals surface area contributed by atoms with Gasteiger partial charge in [0.05, 0.1) is 0 Å². The number of phenolic OH excluding ortho intramolecular Hbond substituents is 1. The molecule has 0 saturated carbocycles. The fourth-order valence-electron chi connectivity index (χ4n) is 11.7. The Morgan fingerprint density at radius 3 is 1.00 bits per heavy atom. The molecular weight excluding hydrogens is 821 g/mol. The summed E-state index contributed by atoms with van der Waals surface area (Å²) in [4.78, 5) is 4.82. The molecule has 2 heterocycles. The number of rotatable bonds is 10. The molecule has 2 fully saturated rings. The Kier molecular flexibility index (Phi) is 11.0. The standard InChI is InChI=1S/C62H60N2O3/c1-60(2,3)56-38-50(40-63-32-12-22-57(63)61(66,52-28-24-42-14-4-8-18-46(42)34-52)53-29-25-43-15-5-9-19-47(43)35-53)59(65)51(39-56)41-64-33-13-23-58(64)62(67,54-30-26-44-16-6-10-20-48(44)36-54)55-31-27-45-17-7-11-21-49(45)37-55/h4-11,14-21,24-31,34-39,57-58,65-67H,12-13,22-23,32-33,40-41H2,1-3H3/t57-,58-/m0/s1. The van der Waals surface area contributed by atoms with E-state index in [2.05, 4.69) is 213 Å². The van der Waals surface area contributed by atoms with Crippen molar-refractivity contribution in [2.45, 2.75) is 88.2 Å². The summed E-state index contributed by atoms with van der Waals surface area (Å²) >= 11 is 0. The first kappa shape index (κ1) is 43.2. The van der Waals surface area contributed by atoms with Crippen LogP contribution in [-0.2, 0) is 29.7 Å². The van der Waals surface area contributed by atoms with E-state index in [1.807, 2.05) is 0 Å². The van der Waals surface area contributed by atoms with E-state index >= 15 is 0 Å². The van der Waals surface area contributed by atoms with Crippen LogP contribution in [0.2, 0.25) is 0 Å². The number of fused-ring (bicyclic) bond motifs is 4. The second-order valence-electron chi connectivity index (χ2n) is 20.4. The number of benzene rings is 9. The number of hydrogen-bond donors (Lipinski definition) is 3. The number of nitrogens with zero attached hydrogens (tertiary/aromatic N) is 2. The minimum absolute atomic E-state index is 0.195. The fourth-order valence-corrected chi connectivity index (χ4v) is 11.7. The molecule has 2 atom stereocenters. The molecule has 0 radical (unpaired) electrons. The van der Waals surface area contributed by atoms with Gasteiger partial charge in [-0.2, -0.15) is 0 Å². The Morgan fingerprint density at radius 2 is 0.701 bits per heavy atom. The van der Waals surface area contributed by atoms with Crippen molar-refractivity contribution in [2.75, 3.05) is 13.1 Å². The molecule has 9 aromatic carbocycles. The van der Waals surface area contributed by atoms with E-state index in [1.54, 1.807) is 0 Å². The first-order valence-corrected chi connectivity index (χ1v) is 24.2. The van der Waals surface area contributed by atoms with Gasteiger partial charge in [0, 0.05) is 36.3 Å². The van der Waals surface area contributed by atoms with E-state index in [4.69, 9.17) is 0 Å². The Hall–Kier alpha value is -6.34. The summed E-state index contributed by atoms with van der Waals surface area (Å²) in [6.07, 6.45) is 3.47. The highest BCUT2D eigenvalue weighted by atomic mass is 16.3. The van der Waals surface area contributed by atoms with Crippen molar-refractivity contribution < 1.29 is 15.3 Å². The molecule has 2 aliphatic rings. The normalized spacial score (nSPS) is 17.6. The highest BCUT2D eigenvalue weighted by molar-refractivity contribution is 5.87. The van der Waals surface area contributed by atoms with Gasteiger partial charge in [0.25, 0.3) is 0 Å². The smallest absolute Gasteiger partial charge is 0.130 e. The van der Waals surface area contributed by atoms with Crippen LogP contribution in [-0.4, -0.2) is 50.3 Å². The largest absolute Gasteiger partial charge is 0.507 e. The molecule has 11 rings (SSSR count). The van der Waals surface area contributed by atoms with Gasteiger partial charge in [-0.25, -0.2) is 0 Å². The summed E-state index contributed by atoms with van der Waals surface area (Å²) in [5.74, 6) is 0.296. The van der Waals surface area contributed by atoms with Crippen molar-refractivity contribution in [3.63, 3.8) is 0 Å². The molecule has 9 aromatic rings. The van der Waals surface area contributed by atoms with Gasteiger partial charge in [-0.1, -0.05) is 178 Å². The predicted octanol–water partition coefficient (Wildman–Crippen LogP) is 13.1. The van der Waals surface area contributed by atoms with Crippen LogP contribution in [0, 0.1) is 0 Å². The summed E-state index contributed by atoms with van der Waals surface area (Å²) in [6, 6.07) is 63.0. The summed E-state index contributed by atoms with van der Waals surface area (Å²) < 4.78 is 0. The average molecular weight is 881 g/mol. The lowest BCUT2D eigenvalue weighted by molar-refractivity contribution is -0.00717. The lowest BCUT2D eigenvalue weighted by Crippen LogP contribution is -2.48. The van der Waals surface area contributed by atoms with Crippen LogP contribution in [0.25, 0.3) is 43.1 Å². The Labute approximate surface area is 394 Å². The Morgan fingerprint density at radius 1 is 0.403 bits per heavy atom. The average Bonchev–Trinajstić information content (AvgIpc) is 4.04. The maximum Gasteiger partial charge on any atom is 0.130 e. The molecule has 0 spiro atoms. The second-order valence-corrected chi connectivity index (χ2v) is 20.4. The van der Waals surface area contributed by atoms with Gasteiger partial charge in [0.2, 0.25) is 0 Å². The summed E-state index contributed by atoms with van der Waals surface area (Å²) in [5, 5.41) is 48.8.